The van der Waals surface area contributed by atoms with Gasteiger partial charge in [0.25, 0.3) is 0 Å². The molecular formula is C22H26F2IN5O. The second-order valence-electron chi connectivity index (χ2n) is 6.93. The largest absolute Gasteiger partial charge is 0.433 e. The molecule has 1 heterocycles. The third-order valence-corrected chi connectivity index (χ3v) is 4.80. The maximum absolute atomic E-state index is 12.7. The third kappa shape index (κ3) is 7.24. The van der Waals surface area contributed by atoms with Crippen LogP contribution in [0, 0.1) is 11.3 Å². The number of benzene rings is 2. The summed E-state index contributed by atoms with van der Waals surface area (Å²) in [5, 5.41) is 15.6. The molecule has 2 N–H and O–H groups in total. The summed E-state index contributed by atoms with van der Waals surface area (Å²) < 4.78 is 30.1. The van der Waals surface area contributed by atoms with E-state index >= 15 is 0 Å². The summed E-state index contributed by atoms with van der Waals surface area (Å²) >= 11 is 0. The van der Waals surface area contributed by atoms with Crippen LogP contribution in [0.5, 0.6) is 5.75 Å². The Kier molecular flexibility index (Phi) is 9.78. The van der Waals surface area contributed by atoms with E-state index < -0.39 is 6.61 Å². The molecule has 0 saturated carbocycles. The first-order valence-electron chi connectivity index (χ1n) is 9.91. The average Bonchev–Trinajstić information content (AvgIpc) is 3.21. The molecule has 0 bridgehead atoms. The van der Waals surface area contributed by atoms with E-state index in [1.807, 2.05) is 30.0 Å². The molecule has 31 heavy (non-hydrogen) atoms. The minimum Gasteiger partial charge on any atom is -0.433 e. The summed E-state index contributed by atoms with van der Waals surface area (Å²) in [6, 6.07) is 16.4. The molecule has 0 amide bonds. The van der Waals surface area contributed by atoms with Crippen LogP contribution >= 0.6 is 24.0 Å². The summed E-state index contributed by atoms with van der Waals surface area (Å²) in [5.74, 6) is 0.889. The van der Waals surface area contributed by atoms with Gasteiger partial charge in [-0.2, -0.15) is 14.0 Å². The van der Waals surface area contributed by atoms with Crippen LogP contribution in [0.15, 0.2) is 53.5 Å². The van der Waals surface area contributed by atoms with Crippen LogP contribution in [0.25, 0.3) is 0 Å². The quantitative estimate of drug-likeness (QED) is 0.314. The Morgan fingerprint density at radius 3 is 2.68 bits per heavy atom. The highest BCUT2D eigenvalue weighted by atomic mass is 127. The fourth-order valence-corrected chi connectivity index (χ4v) is 3.38. The van der Waals surface area contributed by atoms with Gasteiger partial charge in [-0.25, -0.2) is 4.99 Å². The second kappa shape index (κ2) is 12.3. The molecule has 6 nitrogen and oxygen atoms in total. The van der Waals surface area contributed by atoms with Gasteiger partial charge in [-0.1, -0.05) is 24.3 Å². The third-order valence-electron chi connectivity index (χ3n) is 4.80. The molecule has 1 aliphatic rings. The molecule has 1 saturated heterocycles. The number of halogens is 3. The molecule has 1 aliphatic heterocycles. The zero-order chi connectivity index (χ0) is 21.3. The number of anilines is 1. The first-order valence-corrected chi connectivity index (χ1v) is 9.91. The van der Waals surface area contributed by atoms with Crippen molar-refractivity contribution in [3.8, 4) is 11.8 Å². The minimum absolute atomic E-state index is 0. The van der Waals surface area contributed by atoms with Gasteiger partial charge in [0.1, 0.15) is 5.75 Å². The molecule has 3 rings (SSSR count). The number of nitrogens with one attached hydrogen (secondary N) is 2. The van der Waals surface area contributed by atoms with E-state index in [9.17, 15) is 8.78 Å². The Balaban J connectivity index is 0.00000341. The molecule has 0 aromatic heterocycles. The highest BCUT2D eigenvalue weighted by Crippen LogP contribution is 2.31. The monoisotopic (exact) mass is 541 g/mol. The highest BCUT2D eigenvalue weighted by Gasteiger charge is 2.26. The summed E-state index contributed by atoms with van der Waals surface area (Å²) in [6.07, 6.45) is 0.851. The molecule has 0 spiro atoms. The van der Waals surface area contributed by atoms with Crippen molar-refractivity contribution in [2.75, 3.05) is 24.5 Å². The van der Waals surface area contributed by atoms with E-state index in [1.165, 1.54) is 0 Å². The van der Waals surface area contributed by atoms with Crippen LogP contribution in [0.3, 0.4) is 0 Å². The number of alkyl halides is 2. The number of para-hydroxylation sites is 2. The first kappa shape index (κ1) is 24.7. The molecule has 0 aliphatic carbocycles. The van der Waals surface area contributed by atoms with E-state index in [1.54, 1.807) is 30.3 Å². The zero-order valence-electron chi connectivity index (χ0n) is 17.2. The highest BCUT2D eigenvalue weighted by molar-refractivity contribution is 14.0. The average molecular weight is 541 g/mol. The van der Waals surface area contributed by atoms with Crippen LogP contribution in [-0.4, -0.2) is 38.2 Å². The van der Waals surface area contributed by atoms with Crippen LogP contribution in [0.4, 0.5) is 14.5 Å². The number of rotatable bonds is 7. The van der Waals surface area contributed by atoms with E-state index in [4.69, 9.17) is 5.26 Å². The van der Waals surface area contributed by atoms with Crippen LogP contribution < -0.4 is 20.3 Å². The Morgan fingerprint density at radius 1 is 1.26 bits per heavy atom. The van der Waals surface area contributed by atoms with Gasteiger partial charge in [0.05, 0.1) is 23.9 Å². The molecule has 0 radical (unpaired) electrons. The predicted octanol–water partition coefficient (Wildman–Crippen LogP) is 4.11. The maximum atomic E-state index is 12.7. The number of aliphatic imine (C=N–C) groups is 1. The summed E-state index contributed by atoms with van der Waals surface area (Å²) in [6.45, 7) is 1.75. The number of nitrogens with zero attached hydrogens (tertiary/aromatic N) is 3. The van der Waals surface area contributed by atoms with Crippen molar-refractivity contribution in [3.05, 3.63) is 59.7 Å². The van der Waals surface area contributed by atoms with Gasteiger partial charge < -0.3 is 20.3 Å². The topological polar surface area (TPSA) is 72.7 Å². The van der Waals surface area contributed by atoms with E-state index in [0.29, 0.717) is 30.3 Å². The van der Waals surface area contributed by atoms with Gasteiger partial charge in [-0.3, -0.25) is 0 Å². The summed E-state index contributed by atoms with van der Waals surface area (Å²) in [7, 11) is 0. The van der Waals surface area contributed by atoms with Crippen molar-refractivity contribution in [2.24, 2.45) is 4.99 Å². The summed E-state index contributed by atoms with van der Waals surface area (Å²) in [4.78, 5) is 6.67. The molecule has 1 fully saturated rings. The lowest BCUT2D eigenvalue weighted by Gasteiger charge is -2.22. The zero-order valence-corrected chi connectivity index (χ0v) is 19.6. The maximum Gasteiger partial charge on any atom is 0.387 e. The Hall–Kier alpha value is -2.61. The Morgan fingerprint density at radius 2 is 2.00 bits per heavy atom. The summed E-state index contributed by atoms with van der Waals surface area (Å²) in [5.41, 5.74) is 2.30. The van der Waals surface area contributed by atoms with Crippen molar-refractivity contribution in [1.82, 2.24) is 10.6 Å². The molecule has 9 heteroatoms. The lowest BCUT2D eigenvalue weighted by molar-refractivity contribution is -0.0495. The van der Waals surface area contributed by atoms with Gasteiger partial charge >= 0.3 is 6.61 Å². The van der Waals surface area contributed by atoms with Crippen LogP contribution in [0.1, 0.15) is 24.5 Å². The number of hydrogen-bond acceptors (Lipinski definition) is 4. The molecule has 1 unspecified atom stereocenters. The van der Waals surface area contributed by atoms with Crippen molar-refractivity contribution >= 4 is 35.6 Å². The fourth-order valence-electron chi connectivity index (χ4n) is 3.38. The number of ether oxygens (including phenoxy) is 1. The van der Waals surface area contributed by atoms with E-state index in [2.05, 4.69) is 26.4 Å². The SMILES string of the molecule is CCNC(=NCc1ccc(C#N)cc1)NC1CCN(c2ccccc2OC(F)F)C1.I. The van der Waals surface area contributed by atoms with Crippen molar-refractivity contribution < 1.29 is 13.5 Å². The van der Waals surface area contributed by atoms with Gasteiger partial charge in [-0.05, 0) is 43.2 Å². The second-order valence-corrected chi connectivity index (χ2v) is 6.93. The fraction of sp³-hybridized carbons (Fsp3) is 0.364. The van der Waals surface area contributed by atoms with Crippen molar-refractivity contribution in [3.63, 3.8) is 0 Å². The Labute approximate surface area is 198 Å². The van der Waals surface area contributed by atoms with Gasteiger partial charge in [-0.15, -0.1) is 24.0 Å². The first-order chi connectivity index (χ1) is 14.6. The molecule has 1 atom stereocenters. The Bertz CT molecular complexity index is 902. The van der Waals surface area contributed by atoms with Gasteiger partial charge in [0, 0.05) is 25.7 Å². The smallest absolute Gasteiger partial charge is 0.387 e. The number of guanidine groups is 1. The predicted molar refractivity (Wildman–Crippen MR) is 128 cm³/mol. The molecular weight excluding hydrogens is 515 g/mol. The van der Waals surface area contributed by atoms with Crippen molar-refractivity contribution in [2.45, 2.75) is 32.5 Å². The minimum atomic E-state index is -2.85. The van der Waals surface area contributed by atoms with Crippen LogP contribution in [-0.2, 0) is 6.54 Å². The normalized spacial score (nSPS) is 15.9. The van der Waals surface area contributed by atoms with Crippen molar-refractivity contribution in [1.29, 1.82) is 5.26 Å². The van der Waals surface area contributed by atoms with Gasteiger partial charge in [0.15, 0.2) is 5.96 Å². The van der Waals surface area contributed by atoms with E-state index in [0.717, 1.165) is 25.1 Å². The molecule has 2 aromatic rings. The number of nitriles is 1. The lowest BCUT2D eigenvalue weighted by Crippen LogP contribution is -2.44. The van der Waals surface area contributed by atoms with E-state index in [-0.39, 0.29) is 35.8 Å². The standard InChI is InChI=1S/C22H25F2N5O.HI/c1-2-26-22(27-14-17-9-7-16(13-25)8-10-17)28-18-11-12-29(15-18)19-5-3-4-6-20(19)30-21(23)24;/h3-10,18,21H,2,11-12,14-15H2,1H3,(H2,26,27,28);1H. The molecule has 2 aromatic carbocycles. The molecule has 166 valence electrons. The van der Waals surface area contributed by atoms with Gasteiger partial charge in [0.2, 0.25) is 0 Å². The van der Waals surface area contributed by atoms with Crippen LogP contribution in [0.2, 0.25) is 0 Å². The lowest BCUT2D eigenvalue weighted by atomic mass is 10.1. The number of hydrogen-bond donors (Lipinski definition) is 2.